The fraction of sp³-hybridized carbons (Fsp3) is 0.467. The first-order chi connectivity index (χ1) is 9.66. The maximum atomic E-state index is 12.9. The molecule has 20 heavy (non-hydrogen) atoms. The summed E-state index contributed by atoms with van der Waals surface area (Å²) < 4.78 is 18.3. The van der Waals surface area contributed by atoms with E-state index < -0.39 is 0 Å². The highest BCUT2D eigenvalue weighted by Gasteiger charge is 2.45. The van der Waals surface area contributed by atoms with Crippen LogP contribution in [0, 0.1) is 5.82 Å². The molecule has 1 aromatic heterocycles. The van der Waals surface area contributed by atoms with Gasteiger partial charge in [0.15, 0.2) is 5.82 Å². The molecule has 5 heteroatoms. The first-order valence-electron chi connectivity index (χ1n) is 7.04. The largest absolute Gasteiger partial charge is 0.339 e. The van der Waals surface area contributed by atoms with Crippen molar-refractivity contribution < 1.29 is 8.91 Å². The predicted octanol–water partition coefficient (Wildman–Crippen LogP) is 2.82. The van der Waals surface area contributed by atoms with Gasteiger partial charge < -0.3 is 10.3 Å². The molecule has 104 valence electrons. The zero-order chi connectivity index (χ0) is 13.7. The Labute approximate surface area is 116 Å². The maximum absolute atomic E-state index is 12.9. The van der Waals surface area contributed by atoms with E-state index in [1.807, 2.05) is 12.1 Å². The molecular formula is C15H16FN3O. The summed E-state index contributed by atoms with van der Waals surface area (Å²) in [5.74, 6) is 1.72. The molecule has 2 atom stereocenters. The van der Waals surface area contributed by atoms with Crippen molar-refractivity contribution in [2.75, 3.05) is 0 Å². The van der Waals surface area contributed by atoms with Crippen LogP contribution in [-0.2, 0) is 5.54 Å². The number of nitrogens with zero attached hydrogens (tertiary/aromatic N) is 2. The van der Waals surface area contributed by atoms with E-state index in [2.05, 4.69) is 10.1 Å². The number of halogens is 1. The van der Waals surface area contributed by atoms with Gasteiger partial charge in [0.2, 0.25) is 5.89 Å². The third-order valence-electron chi connectivity index (χ3n) is 4.54. The molecule has 2 aliphatic carbocycles. The van der Waals surface area contributed by atoms with Crippen molar-refractivity contribution >= 4 is 0 Å². The van der Waals surface area contributed by atoms with Crippen LogP contribution < -0.4 is 5.73 Å². The fourth-order valence-corrected chi connectivity index (χ4v) is 2.92. The molecule has 1 aromatic carbocycles. The summed E-state index contributed by atoms with van der Waals surface area (Å²) >= 11 is 0. The Kier molecular flexibility index (Phi) is 2.48. The van der Waals surface area contributed by atoms with Crippen molar-refractivity contribution in [1.82, 2.24) is 10.1 Å². The lowest BCUT2D eigenvalue weighted by Crippen LogP contribution is -2.44. The first kappa shape index (κ1) is 12.0. The second-order valence-corrected chi connectivity index (χ2v) is 5.97. The molecule has 0 saturated heterocycles. The standard InChI is InChI=1S/C15H16FN3O/c16-10-4-2-9(3-5-10)11-8-12(11)13-18-14(19-20-13)15(17)6-1-7-15/h2-5,11-12H,1,6-8,17H2/t11-,12+/m0/s1. The molecule has 2 aliphatic rings. The Morgan fingerprint density at radius 3 is 2.60 bits per heavy atom. The Hall–Kier alpha value is -1.75. The summed E-state index contributed by atoms with van der Waals surface area (Å²) in [6, 6.07) is 6.64. The minimum absolute atomic E-state index is 0.207. The molecule has 1 heterocycles. The predicted molar refractivity (Wildman–Crippen MR) is 70.5 cm³/mol. The minimum Gasteiger partial charge on any atom is -0.339 e. The third kappa shape index (κ3) is 1.85. The lowest BCUT2D eigenvalue weighted by Gasteiger charge is -2.34. The number of benzene rings is 1. The smallest absolute Gasteiger partial charge is 0.230 e. The summed E-state index contributed by atoms with van der Waals surface area (Å²) in [6.07, 6.45) is 3.96. The molecular weight excluding hydrogens is 257 g/mol. The number of aromatic nitrogens is 2. The summed E-state index contributed by atoms with van der Waals surface area (Å²) in [7, 11) is 0. The minimum atomic E-state index is -0.373. The van der Waals surface area contributed by atoms with Crippen molar-refractivity contribution in [3.8, 4) is 0 Å². The quantitative estimate of drug-likeness (QED) is 0.934. The maximum Gasteiger partial charge on any atom is 0.230 e. The molecule has 2 aromatic rings. The highest BCUT2D eigenvalue weighted by Crippen LogP contribution is 2.54. The summed E-state index contributed by atoms with van der Waals surface area (Å²) in [5.41, 5.74) is 6.95. The molecule has 2 saturated carbocycles. The zero-order valence-electron chi connectivity index (χ0n) is 11.1. The Bertz CT molecular complexity index is 633. The van der Waals surface area contributed by atoms with E-state index in [0.717, 1.165) is 31.2 Å². The number of nitrogens with two attached hydrogens (primary N) is 1. The van der Waals surface area contributed by atoms with E-state index in [1.165, 1.54) is 12.1 Å². The lowest BCUT2D eigenvalue weighted by atomic mass is 9.77. The molecule has 0 bridgehead atoms. The van der Waals surface area contributed by atoms with Crippen LogP contribution in [0.2, 0.25) is 0 Å². The van der Waals surface area contributed by atoms with Gasteiger partial charge >= 0.3 is 0 Å². The van der Waals surface area contributed by atoms with E-state index in [-0.39, 0.29) is 17.3 Å². The molecule has 0 radical (unpaired) electrons. The van der Waals surface area contributed by atoms with Crippen LogP contribution in [0.25, 0.3) is 0 Å². The van der Waals surface area contributed by atoms with Gasteiger partial charge in [-0.15, -0.1) is 0 Å². The Morgan fingerprint density at radius 2 is 1.95 bits per heavy atom. The zero-order valence-corrected chi connectivity index (χ0v) is 11.1. The van der Waals surface area contributed by atoms with Crippen LogP contribution in [0.5, 0.6) is 0 Å². The van der Waals surface area contributed by atoms with Gasteiger partial charge in [-0.1, -0.05) is 17.3 Å². The van der Waals surface area contributed by atoms with E-state index in [0.29, 0.717) is 17.6 Å². The van der Waals surface area contributed by atoms with Gasteiger partial charge in [-0.05, 0) is 49.3 Å². The van der Waals surface area contributed by atoms with E-state index >= 15 is 0 Å². The van der Waals surface area contributed by atoms with E-state index in [4.69, 9.17) is 10.3 Å². The van der Waals surface area contributed by atoms with Crippen molar-refractivity contribution in [2.24, 2.45) is 5.73 Å². The molecule has 2 N–H and O–H groups in total. The van der Waals surface area contributed by atoms with Crippen LogP contribution in [0.15, 0.2) is 28.8 Å². The van der Waals surface area contributed by atoms with Gasteiger partial charge in [0.1, 0.15) is 5.82 Å². The van der Waals surface area contributed by atoms with E-state index in [1.54, 1.807) is 0 Å². The molecule has 0 unspecified atom stereocenters. The van der Waals surface area contributed by atoms with Gasteiger partial charge in [-0.3, -0.25) is 0 Å². The monoisotopic (exact) mass is 273 g/mol. The van der Waals surface area contributed by atoms with Gasteiger partial charge in [0, 0.05) is 5.92 Å². The van der Waals surface area contributed by atoms with Gasteiger partial charge in [-0.2, -0.15) is 4.98 Å². The van der Waals surface area contributed by atoms with Crippen LogP contribution in [0.1, 0.15) is 54.8 Å². The molecule has 0 amide bonds. The second kappa shape index (κ2) is 4.12. The highest BCUT2D eigenvalue weighted by molar-refractivity contribution is 5.31. The van der Waals surface area contributed by atoms with Crippen molar-refractivity contribution in [2.45, 2.75) is 43.1 Å². The first-order valence-corrected chi connectivity index (χ1v) is 7.04. The Balaban J connectivity index is 1.51. The topological polar surface area (TPSA) is 64.9 Å². The number of hydrogen-bond donors (Lipinski definition) is 1. The van der Waals surface area contributed by atoms with Crippen molar-refractivity contribution in [3.05, 3.63) is 47.4 Å². The van der Waals surface area contributed by atoms with Crippen LogP contribution >= 0.6 is 0 Å². The van der Waals surface area contributed by atoms with Crippen LogP contribution in [0.4, 0.5) is 4.39 Å². The fourth-order valence-electron chi connectivity index (χ4n) is 2.92. The third-order valence-corrected chi connectivity index (χ3v) is 4.54. The normalized spacial score (nSPS) is 27.1. The average Bonchev–Trinajstić information content (AvgIpc) is 3.06. The van der Waals surface area contributed by atoms with Crippen molar-refractivity contribution in [1.29, 1.82) is 0 Å². The SMILES string of the molecule is NC1(c2noc([C@@H]3C[C@H]3c3ccc(F)cc3)n2)CCC1. The molecule has 4 nitrogen and oxygen atoms in total. The van der Waals surface area contributed by atoms with Crippen LogP contribution in [0.3, 0.4) is 0 Å². The molecule has 0 aliphatic heterocycles. The Morgan fingerprint density at radius 1 is 1.20 bits per heavy atom. The molecule has 4 rings (SSSR count). The van der Waals surface area contributed by atoms with Gasteiger partial charge in [-0.25, -0.2) is 4.39 Å². The van der Waals surface area contributed by atoms with Gasteiger partial charge in [0.25, 0.3) is 0 Å². The van der Waals surface area contributed by atoms with Crippen molar-refractivity contribution in [3.63, 3.8) is 0 Å². The molecule has 0 spiro atoms. The summed E-state index contributed by atoms with van der Waals surface area (Å²) in [6.45, 7) is 0. The lowest BCUT2D eigenvalue weighted by molar-refractivity contribution is 0.229. The molecule has 2 fully saturated rings. The van der Waals surface area contributed by atoms with Gasteiger partial charge in [0.05, 0.1) is 5.54 Å². The summed E-state index contributed by atoms with van der Waals surface area (Å²) in [5, 5.41) is 4.04. The van der Waals surface area contributed by atoms with Crippen LogP contribution in [-0.4, -0.2) is 10.1 Å². The number of rotatable bonds is 3. The second-order valence-electron chi connectivity index (χ2n) is 5.97. The summed E-state index contributed by atoms with van der Waals surface area (Å²) in [4.78, 5) is 4.48. The highest BCUT2D eigenvalue weighted by atomic mass is 19.1. The average molecular weight is 273 g/mol. The number of hydrogen-bond acceptors (Lipinski definition) is 4. The van der Waals surface area contributed by atoms with E-state index in [9.17, 15) is 4.39 Å².